The van der Waals surface area contributed by atoms with Crippen LogP contribution >= 0.6 is 0 Å². The zero-order valence-corrected chi connectivity index (χ0v) is 12.7. The number of hydrogen-bond acceptors (Lipinski definition) is 4. The lowest BCUT2D eigenvalue weighted by molar-refractivity contribution is 0.0886. The molecule has 0 amide bonds. The third-order valence-corrected chi connectivity index (χ3v) is 4.45. The minimum atomic E-state index is -0.234. The number of hydrogen-bond donors (Lipinski definition) is 3. The second-order valence-corrected chi connectivity index (χ2v) is 6.43. The molecular weight excluding hydrogens is 242 g/mol. The van der Waals surface area contributed by atoms with Crippen molar-refractivity contribution in [3.8, 4) is 0 Å². The van der Waals surface area contributed by atoms with E-state index in [0.29, 0.717) is 5.84 Å². The van der Waals surface area contributed by atoms with Crippen LogP contribution in [0, 0.1) is 5.41 Å². The molecule has 5 nitrogen and oxygen atoms in total. The fourth-order valence-corrected chi connectivity index (χ4v) is 2.40. The van der Waals surface area contributed by atoms with Crippen molar-refractivity contribution in [1.82, 2.24) is 5.32 Å². The molecule has 0 radical (unpaired) electrons. The first kappa shape index (κ1) is 16.2. The lowest BCUT2D eigenvalue weighted by Gasteiger charge is -2.29. The third-order valence-electron chi connectivity index (χ3n) is 4.45. The highest BCUT2D eigenvalue weighted by Crippen LogP contribution is 2.26. The molecule has 4 N–H and O–H groups in total. The van der Waals surface area contributed by atoms with Gasteiger partial charge in [0, 0.05) is 17.6 Å². The van der Waals surface area contributed by atoms with E-state index >= 15 is 0 Å². The molecule has 0 aromatic heterocycles. The van der Waals surface area contributed by atoms with Crippen LogP contribution in [0.25, 0.3) is 0 Å². The monoisotopic (exact) mass is 271 g/mol. The topological polar surface area (TPSA) is 79.9 Å². The Bertz CT molecular complexity index is 318. The number of oxime groups is 1. The van der Waals surface area contributed by atoms with Crippen molar-refractivity contribution in [3.63, 3.8) is 0 Å². The summed E-state index contributed by atoms with van der Waals surface area (Å²) in [5.41, 5.74) is 5.55. The largest absolute Gasteiger partial charge is 0.409 e. The molecular formula is C14H29N3O2. The summed E-state index contributed by atoms with van der Waals surface area (Å²) in [6.07, 6.45) is 4.42. The quantitative estimate of drug-likeness (QED) is 0.218. The first-order chi connectivity index (χ1) is 8.82. The maximum Gasteiger partial charge on any atom is 0.144 e. The molecule has 1 saturated heterocycles. The van der Waals surface area contributed by atoms with Crippen molar-refractivity contribution in [2.45, 2.75) is 65.0 Å². The Kier molecular flexibility index (Phi) is 5.62. The smallest absolute Gasteiger partial charge is 0.144 e. The Labute approximate surface area is 116 Å². The highest BCUT2D eigenvalue weighted by atomic mass is 16.5. The number of nitrogens with two attached hydrogens (primary N) is 1. The molecule has 0 aliphatic carbocycles. The molecule has 0 aromatic rings. The van der Waals surface area contributed by atoms with Gasteiger partial charge in [-0.1, -0.05) is 25.4 Å². The van der Waals surface area contributed by atoms with Crippen LogP contribution in [-0.2, 0) is 4.74 Å². The molecule has 0 bridgehead atoms. The molecule has 0 aromatic carbocycles. The van der Waals surface area contributed by atoms with Gasteiger partial charge in [0.2, 0.25) is 0 Å². The van der Waals surface area contributed by atoms with Crippen molar-refractivity contribution in [2.75, 3.05) is 13.2 Å². The minimum absolute atomic E-state index is 0.112. The summed E-state index contributed by atoms with van der Waals surface area (Å²) < 4.78 is 5.60. The van der Waals surface area contributed by atoms with Gasteiger partial charge in [-0.05, 0) is 39.7 Å². The lowest BCUT2D eigenvalue weighted by Crippen LogP contribution is -2.48. The summed E-state index contributed by atoms with van der Waals surface area (Å²) in [7, 11) is 0. The van der Waals surface area contributed by atoms with E-state index in [2.05, 4.69) is 24.3 Å². The van der Waals surface area contributed by atoms with Crippen molar-refractivity contribution in [2.24, 2.45) is 16.3 Å². The molecule has 1 fully saturated rings. The second kappa shape index (κ2) is 6.57. The van der Waals surface area contributed by atoms with Gasteiger partial charge in [0.05, 0.1) is 6.10 Å². The van der Waals surface area contributed by atoms with Gasteiger partial charge in [0.15, 0.2) is 0 Å². The van der Waals surface area contributed by atoms with E-state index in [1.54, 1.807) is 0 Å². The van der Waals surface area contributed by atoms with Crippen molar-refractivity contribution >= 4 is 5.84 Å². The van der Waals surface area contributed by atoms with Gasteiger partial charge in [-0.25, -0.2) is 0 Å². The van der Waals surface area contributed by atoms with E-state index in [-0.39, 0.29) is 17.1 Å². The second-order valence-electron chi connectivity index (χ2n) is 6.43. The van der Waals surface area contributed by atoms with Crippen LogP contribution in [0.2, 0.25) is 0 Å². The number of rotatable bonds is 7. The number of unbranched alkanes of at least 4 members (excludes halogenated alkanes) is 1. The van der Waals surface area contributed by atoms with Crippen molar-refractivity contribution < 1.29 is 9.94 Å². The molecule has 1 rings (SSSR count). The van der Waals surface area contributed by atoms with E-state index < -0.39 is 0 Å². The Morgan fingerprint density at radius 2 is 2.21 bits per heavy atom. The number of ether oxygens (including phenoxy) is 1. The average Bonchev–Trinajstić information content (AvgIpc) is 2.68. The summed E-state index contributed by atoms with van der Waals surface area (Å²) in [5.74, 6) is 0.310. The van der Waals surface area contributed by atoms with E-state index in [1.807, 2.05) is 13.8 Å². The predicted molar refractivity (Wildman–Crippen MR) is 77.5 cm³/mol. The zero-order valence-electron chi connectivity index (χ0n) is 12.7. The number of nitrogens with one attached hydrogen (secondary N) is 1. The fourth-order valence-electron chi connectivity index (χ4n) is 2.40. The predicted octanol–water partition coefficient (Wildman–Crippen LogP) is 2.09. The molecule has 1 heterocycles. The van der Waals surface area contributed by atoms with E-state index in [1.165, 1.54) is 0 Å². The van der Waals surface area contributed by atoms with Gasteiger partial charge in [-0.2, -0.15) is 0 Å². The summed E-state index contributed by atoms with van der Waals surface area (Å²) in [5, 5.41) is 15.4. The number of nitrogens with zero attached hydrogens (tertiary/aromatic N) is 1. The maximum absolute atomic E-state index is 8.72. The van der Waals surface area contributed by atoms with E-state index in [9.17, 15) is 0 Å². The van der Waals surface area contributed by atoms with Crippen LogP contribution in [0.3, 0.4) is 0 Å². The van der Waals surface area contributed by atoms with E-state index in [0.717, 1.165) is 38.8 Å². The molecule has 2 unspecified atom stereocenters. The lowest BCUT2D eigenvalue weighted by atomic mass is 9.86. The highest BCUT2D eigenvalue weighted by molar-refractivity contribution is 5.85. The van der Waals surface area contributed by atoms with Gasteiger partial charge in [-0.3, -0.25) is 0 Å². The van der Waals surface area contributed by atoms with Crippen LogP contribution in [0.4, 0.5) is 0 Å². The third kappa shape index (κ3) is 4.35. The summed E-state index contributed by atoms with van der Waals surface area (Å²) in [6.45, 7) is 10.2. The van der Waals surface area contributed by atoms with Gasteiger partial charge < -0.3 is 21.0 Å². The minimum Gasteiger partial charge on any atom is -0.409 e. The van der Waals surface area contributed by atoms with Gasteiger partial charge in [0.25, 0.3) is 0 Å². The number of amidine groups is 1. The first-order valence-corrected chi connectivity index (χ1v) is 7.16. The van der Waals surface area contributed by atoms with Crippen LogP contribution in [0.5, 0.6) is 0 Å². The maximum atomic E-state index is 8.72. The molecule has 0 saturated carbocycles. The Balaban J connectivity index is 2.22. The van der Waals surface area contributed by atoms with Crippen molar-refractivity contribution in [1.29, 1.82) is 0 Å². The standard InChI is InChI=1S/C14H29N3O2/c1-11-14(4,8-10-19-11)16-9-6-5-7-13(2,3)12(15)17-18/h11,16,18H,5-10H2,1-4H3,(H2,15,17). The van der Waals surface area contributed by atoms with Crippen LogP contribution in [0.15, 0.2) is 5.16 Å². The normalized spacial score (nSPS) is 28.8. The molecule has 2 atom stereocenters. The Morgan fingerprint density at radius 1 is 1.53 bits per heavy atom. The van der Waals surface area contributed by atoms with E-state index in [4.69, 9.17) is 15.7 Å². The van der Waals surface area contributed by atoms with Crippen LogP contribution in [0.1, 0.15) is 53.4 Å². The molecule has 1 aliphatic heterocycles. The van der Waals surface area contributed by atoms with Crippen LogP contribution in [-0.4, -0.2) is 35.8 Å². The zero-order chi connectivity index (χ0) is 14.5. The molecule has 112 valence electrons. The molecule has 19 heavy (non-hydrogen) atoms. The summed E-state index contributed by atoms with van der Waals surface area (Å²) in [6, 6.07) is 0. The van der Waals surface area contributed by atoms with Crippen LogP contribution < -0.4 is 11.1 Å². The molecule has 0 spiro atoms. The van der Waals surface area contributed by atoms with Gasteiger partial charge in [-0.15, -0.1) is 0 Å². The Morgan fingerprint density at radius 3 is 2.74 bits per heavy atom. The van der Waals surface area contributed by atoms with Gasteiger partial charge in [0.1, 0.15) is 5.84 Å². The SMILES string of the molecule is CC1OCCC1(C)NCCCCC(C)(C)C(N)=NO. The average molecular weight is 271 g/mol. The first-order valence-electron chi connectivity index (χ1n) is 7.16. The van der Waals surface area contributed by atoms with Crippen molar-refractivity contribution in [3.05, 3.63) is 0 Å². The Hall–Kier alpha value is -0.810. The summed E-state index contributed by atoms with van der Waals surface area (Å²) in [4.78, 5) is 0. The summed E-state index contributed by atoms with van der Waals surface area (Å²) >= 11 is 0. The fraction of sp³-hybridized carbons (Fsp3) is 0.929. The van der Waals surface area contributed by atoms with Gasteiger partial charge >= 0.3 is 0 Å². The molecule has 5 heteroatoms. The molecule has 1 aliphatic rings. The highest BCUT2D eigenvalue weighted by Gasteiger charge is 2.36.